The lowest BCUT2D eigenvalue weighted by molar-refractivity contribution is -0.165. The van der Waals surface area contributed by atoms with Crippen LogP contribution in [0.5, 0.6) is 0 Å². The SMILES string of the molecule is C=C(C)C(=O)OC(CC)(CO)CO. The molecule has 0 heterocycles. The Morgan fingerprint density at radius 1 is 1.46 bits per heavy atom. The second-order valence-corrected chi connectivity index (χ2v) is 3.02. The van der Waals surface area contributed by atoms with Crippen LogP contribution in [0.2, 0.25) is 0 Å². The van der Waals surface area contributed by atoms with Gasteiger partial charge in [-0.25, -0.2) is 4.79 Å². The van der Waals surface area contributed by atoms with E-state index in [2.05, 4.69) is 6.58 Å². The Morgan fingerprint density at radius 2 is 1.92 bits per heavy atom. The third-order valence-electron chi connectivity index (χ3n) is 1.88. The van der Waals surface area contributed by atoms with Crippen LogP contribution in [0.4, 0.5) is 0 Å². The van der Waals surface area contributed by atoms with Crippen molar-refractivity contribution in [3.63, 3.8) is 0 Å². The molecule has 0 spiro atoms. The number of hydrogen-bond donors (Lipinski definition) is 2. The Labute approximate surface area is 77.8 Å². The van der Waals surface area contributed by atoms with E-state index in [0.717, 1.165) is 0 Å². The molecule has 0 amide bonds. The van der Waals surface area contributed by atoms with Gasteiger partial charge in [-0.15, -0.1) is 0 Å². The first-order valence-corrected chi connectivity index (χ1v) is 4.12. The van der Waals surface area contributed by atoms with Gasteiger partial charge in [0, 0.05) is 5.57 Å². The van der Waals surface area contributed by atoms with Crippen molar-refractivity contribution in [3.05, 3.63) is 12.2 Å². The van der Waals surface area contributed by atoms with Crippen LogP contribution in [0.3, 0.4) is 0 Å². The summed E-state index contributed by atoms with van der Waals surface area (Å²) in [4.78, 5) is 11.1. The van der Waals surface area contributed by atoms with E-state index in [1.54, 1.807) is 6.92 Å². The molecule has 0 saturated heterocycles. The molecular weight excluding hydrogens is 172 g/mol. The number of carbonyl (C=O) groups excluding carboxylic acids is 1. The summed E-state index contributed by atoms with van der Waals surface area (Å²) in [5.41, 5.74) is -0.921. The van der Waals surface area contributed by atoms with Gasteiger partial charge in [0.2, 0.25) is 0 Å². The van der Waals surface area contributed by atoms with Gasteiger partial charge in [-0.05, 0) is 13.3 Å². The summed E-state index contributed by atoms with van der Waals surface area (Å²) in [6, 6.07) is 0. The zero-order chi connectivity index (χ0) is 10.5. The highest BCUT2D eigenvalue weighted by Crippen LogP contribution is 2.16. The number of aliphatic hydroxyl groups is 2. The highest BCUT2D eigenvalue weighted by atomic mass is 16.6. The van der Waals surface area contributed by atoms with Crippen LogP contribution in [-0.2, 0) is 9.53 Å². The van der Waals surface area contributed by atoms with Gasteiger partial charge in [-0.2, -0.15) is 0 Å². The van der Waals surface area contributed by atoms with Crippen LogP contribution in [-0.4, -0.2) is 35.0 Å². The standard InChI is InChI=1S/C9H16O4/c1-4-9(5-10,6-11)13-8(12)7(2)3/h10-11H,2,4-6H2,1,3H3. The maximum atomic E-state index is 11.1. The van der Waals surface area contributed by atoms with Crippen LogP contribution in [0.15, 0.2) is 12.2 Å². The molecule has 0 aromatic rings. The first-order chi connectivity index (χ1) is 6.01. The van der Waals surface area contributed by atoms with Crippen molar-refractivity contribution in [2.24, 2.45) is 0 Å². The van der Waals surface area contributed by atoms with Crippen molar-refractivity contribution in [1.82, 2.24) is 0 Å². The first kappa shape index (κ1) is 12.1. The smallest absolute Gasteiger partial charge is 0.333 e. The first-order valence-electron chi connectivity index (χ1n) is 4.12. The second kappa shape index (κ2) is 4.99. The Hall–Kier alpha value is -0.870. The zero-order valence-corrected chi connectivity index (χ0v) is 8.04. The Morgan fingerprint density at radius 3 is 2.15 bits per heavy atom. The normalized spacial score (nSPS) is 11.1. The Balaban J connectivity index is 4.42. The van der Waals surface area contributed by atoms with Gasteiger partial charge in [0.1, 0.15) is 0 Å². The van der Waals surface area contributed by atoms with E-state index in [1.165, 1.54) is 6.92 Å². The van der Waals surface area contributed by atoms with Crippen molar-refractivity contribution in [3.8, 4) is 0 Å². The molecule has 0 unspecified atom stereocenters. The lowest BCUT2D eigenvalue weighted by Crippen LogP contribution is -2.42. The molecule has 0 aromatic carbocycles. The topological polar surface area (TPSA) is 66.8 Å². The van der Waals surface area contributed by atoms with E-state index in [4.69, 9.17) is 14.9 Å². The molecule has 0 bridgehead atoms. The highest BCUT2D eigenvalue weighted by Gasteiger charge is 2.31. The van der Waals surface area contributed by atoms with Crippen molar-refractivity contribution in [1.29, 1.82) is 0 Å². The number of hydrogen-bond acceptors (Lipinski definition) is 4. The number of carbonyl (C=O) groups is 1. The third-order valence-corrected chi connectivity index (χ3v) is 1.88. The van der Waals surface area contributed by atoms with Gasteiger partial charge in [0.15, 0.2) is 5.60 Å². The fraction of sp³-hybridized carbons (Fsp3) is 0.667. The van der Waals surface area contributed by atoms with Gasteiger partial charge in [0.25, 0.3) is 0 Å². The Kier molecular flexibility index (Phi) is 4.66. The minimum atomic E-state index is -1.17. The molecule has 76 valence electrons. The molecule has 4 heteroatoms. The average molecular weight is 188 g/mol. The molecule has 0 aromatic heterocycles. The molecule has 0 saturated carbocycles. The molecule has 0 aliphatic heterocycles. The van der Waals surface area contributed by atoms with Crippen LogP contribution < -0.4 is 0 Å². The van der Waals surface area contributed by atoms with Crippen molar-refractivity contribution < 1.29 is 19.7 Å². The van der Waals surface area contributed by atoms with E-state index in [1.807, 2.05) is 0 Å². The summed E-state index contributed by atoms with van der Waals surface area (Å²) in [5.74, 6) is -0.593. The van der Waals surface area contributed by atoms with E-state index in [0.29, 0.717) is 6.42 Å². The summed E-state index contributed by atoms with van der Waals surface area (Å²) < 4.78 is 4.91. The predicted molar refractivity (Wildman–Crippen MR) is 48.1 cm³/mol. The molecule has 2 N–H and O–H groups in total. The van der Waals surface area contributed by atoms with Crippen molar-refractivity contribution in [2.75, 3.05) is 13.2 Å². The predicted octanol–water partition coefficient (Wildman–Crippen LogP) is 0.239. The summed E-state index contributed by atoms with van der Waals surface area (Å²) in [6.45, 7) is 5.86. The van der Waals surface area contributed by atoms with Gasteiger partial charge in [-0.1, -0.05) is 13.5 Å². The maximum Gasteiger partial charge on any atom is 0.333 e. The lowest BCUT2D eigenvalue weighted by atomic mass is 10.0. The molecule has 0 aliphatic carbocycles. The summed E-state index contributed by atoms with van der Waals surface area (Å²) in [5, 5.41) is 17.9. The summed E-state index contributed by atoms with van der Waals surface area (Å²) in [6.07, 6.45) is 0.360. The van der Waals surface area contributed by atoms with Gasteiger partial charge >= 0.3 is 5.97 Å². The van der Waals surface area contributed by atoms with E-state index in [9.17, 15) is 4.79 Å². The molecule has 0 radical (unpaired) electrons. The molecule has 0 atom stereocenters. The zero-order valence-electron chi connectivity index (χ0n) is 8.04. The third kappa shape index (κ3) is 3.16. The van der Waals surface area contributed by atoms with Gasteiger partial charge < -0.3 is 14.9 Å². The molecule has 13 heavy (non-hydrogen) atoms. The van der Waals surface area contributed by atoms with Crippen LogP contribution >= 0.6 is 0 Å². The van der Waals surface area contributed by atoms with E-state index in [-0.39, 0.29) is 18.8 Å². The van der Waals surface area contributed by atoms with Crippen LogP contribution in [0.25, 0.3) is 0 Å². The lowest BCUT2D eigenvalue weighted by Gasteiger charge is -2.28. The van der Waals surface area contributed by atoms with Crippen molar-refractivity contribution >= 4 is 5.97 Å². The van der Waals surface area contributed by atoms with E-state index >= 15 is 0 Å². The molecule has 4 nitrogen and oxygen atoms in total. The maximum absolute atomic E-state index is 11.1. The monoisotopic (exact) mass is 188 g/mol. The molecule has 0 fully saturated rings. The van der Waals surface area contributed by atoms with E-state index < -0.39 is 11.6 Å². The summed E-state index contributed by atoms with van der Waals surface area (Å²) >= 11 is 0. The van der Waals surface area contributed by atoms with Crippen LogP contribution in [0.1, 0.15) is 20.3 Å². The Bertz CT molecular complexity index is 186. The fourth-order valence-electron chi connectivity index (χ4n) is 0.694. The highest BCUT2D eigenvalue weighted by molar-refractivity contribution is 5.87. The molecule has 0 rings (SSSR count). The summed E-state index contributed by atoms with van der Waals surface area (Å²) in [7, 11) is 0. The fourth-order valence-corrected chi connectivity index (χ4v) is 0.694. The number of esters is 1. The van der Waals surface area contributed by atoms with Crippen molar-refractivity contribution in [2.45, 2.75) is 25.9 Å². The van der Waals surface area contributed by atoms with Crippen LogP contribution in [0, 0.1) is 0 Å². The second-order valence-electron chi connectivity index (χ2n) is 3.02. The van der Waals surface area contributed by atoms with Gasteiger partial charge in [-0.3, -0.25) is 0 Å². The molecular formula is C9H16O4. The number of aliphatic hydroxyl groups excluding tert-OH is 2. The quantitative estimate of drug-likeness (QED) is 0.479. The minimum absolute atomic E-state index is 0.250. The largest absolute Gasteiger partial charge is 0.451 e. The number of rotatable bonds is 5. The molecule has 0 aliphatic rings. The minimum Gasteiger partial charge on any atom is -0.451 e. The average Bonchev–Trinajstić information content (AvgIpc) is 2.14. The number of ether oxygens (including phenoxy) is 1. The van der Waals surface area contributed by atoms with Gasteiger partial charge in [0.05, 0.1) is 13.2 Å².